The Labute approximate surface area is 76.0 Å². The second-order valence-electron chi connectivity index (χ2n) is 2.95. The van der Waals surface area contributed by atoms with Crippen LogP contribution < -0.4 is 0 Å². The zero-order chi connectivity index (χ0) is 10.4. The molecule has 0 aliphatic rings. The Morgan fingerprint density at radius 3 is 2.23 bits per heavy atom. The van der Waals surface area contributed by atoms with Crippen LogP contribution in [0.25, 0.3) is 0 Å². The maximum atomic E-state index is 10.5. The monoisotopic (exact) mass is 190 g/mol. The predicted molar refractivity (Wildman–Crippen MR) is 44.2 cm³/mol. The Morgan fingerprint density at radius 2 is 1.85 bits per heavy atom. The Morgan fingerprint density at radius 1 is 1.31 bits per heavy atom. The molecule has 0 aliphatic carbocycles. The Kier molecular flexibility index (Phi) is 5.25. The fourth-order valence-electron chi connectivity index (χ4n) is 0.832. The summed E-state index contributed by atoms with van der Waals surface area (Å²) in [7, 11) is 0. The number of carbonyl (C=O) groups is 2. The van der Waals surface area contributed by atoms with Gasteiger partial charge in [-0.1, -0.05) is 0 Å². The second kappa shape index (κ2) is 5.66. The van der Waals surface area contributed by atoms with E-state index in [0.29, 0.717) is 0 Å². The summed E-state index contributed by atoms with van der Waals surface area (Å²) < 4.78 is 0. The first-order valence-corrected chi connectivity index (χ1v) is 4.02. The number of hydrogen-bond acceptors (Lipinski definition) is 4. The van der Waals surface area contributed by atoms with Gasteiger partial charge in [0.2, 0.25) is 0 Å². The van der Waals surface area contributed by atoms with E-state index in [1.165, 1.54) is 6.92 Å². The molecule has 0 saturated carbocycles. The highest BCUT2D eigenvalue weighted by molar-refractivity contribution is 5.80. The summed E-state index contributed by atoms with van der Waals surface area (Å²) in [6.07, 6.45) is -2.33. The molecule has 0 heterocycles. The van der Waals surface area contributed by atoms with E-state index in [9.17, 15) is 9.59 Å². The van der Waals surface area contributed by atoms with E-state index >= 15 is 0 Å². The Hall–Kier alpha value is -0.940. The molecule has 0 aromatic rings. The summed E-state index contributed by atoms with van der Waals surface area (Å²) in [5, 5.41) is 26.4. The lowest BCUT2D eigenvalue weighted by Gasteiger charge is -2.11. The summed E-state index contributed by atoms with van der Waals surface area (Å²) in [5.74, 6) is -1.43. The van der Waals surface area contributed by atoms with Gasteiger partial charge in [-0.05, 0) is 13.3 Å². The van der Waals surface area contributed by atoms with E-state index in [0.717, 1.165) is 0 Å². The molecule has 0 radical (unpaired) electrons. The van der Waals surface area contributed by atoms with Crippen LogP contribution in [-0.4, -0.2) is 39.3 Å². The first-order chi connectivity index (χ1) is 5.93. The van der Waals surface area contributed by atoms with Crippen molar-refractivity contribution >= 4 is 11.8 Å². The van der Waals surface area contributed by atoms with Gasteiger partial charge in [-0.15, -0.1) is 0 Å². The lowest BCUT2D eigenvalue weighted by Crippen LogP contribution is -2.24. The molecule has 2 unspecified atom stereocenters. The lowest BCUT2D eigenvalue weighted by molar-refractivity contribution is -0.137. The van der Waals surface area contributed by atoms with Crippen molar-refractivity contribution in [3.05, 3.63) is 0 Å². The minimum atomic E-state index is -1.19. The standard InChI is InChI=1S/C8H14O5/c1-5(9)7(11)4-6(10)2-3-8(12)13/h6-7,10-11H,2-4H2,1H3,(H,12,13). The van der Waals surface area contributed by atoms with Crippen molar-refractivity contribution < 1.29 is 24.9 Å². The van der Waals surface area contributed by atoms with Gasteiger partial charge in [0.1, 0.15) is 6.10 Å². The zero-order valence-electron chi connectivity index (χ0n) is 7.43. The Balaban J connectivity index is 3.67. The largest absolute Gasteiger partial charge is 0.481 e. The van der Waals surface area contributed by atoms with Crippen molar-refractivity contribution in [1.82, 2.24) is 0 Å². The van der Waals surface area contributed by atoms with Crippen LogP contribution in [0.5, 0.6) is 0 Å². The molecule has 0 amide bonds. The van der Waals surface area contributed by atoms with Crippen molar-refractivity contribution in [3.63, 3.8) is 0 Å². The van der Waals surface area contributed by atoms with Crippen molar-refractivity contribution in [1.29, 1.82) is 0 Å². The second-order valence-corrected chi connectivity index (χ2v) is 2.95. The molecule has 76 valence electrons. The molecule has 13 heavy (non-hydrogen) atoms. The number of carbonyl (C=O) groups excluding carboxylic acids is 1. The maximum absolute atomic E-state index is 10.5. The van der Waals surface area contributed by atoms with Crippen LogP contribution >= 0.6 is 0 Å². The SMILES string of the molecule is CC(=O)C(O)CC(O)CCC(=O)O. The van der Waals surface area contributed by atoms with Crippen LogP contribution in [0.15, 0.2) is 0 Å². The number of carboxylic acid groups (broad SMARTS) is 1. The highest BCUT2D eigenvalue weighted by Gasteiger charge is 2.16. The highest BCUT2D eigenvalue weighted by Crippen LogP contribution is 2.05. The van der Waals surface area contributed by atoms with Gasteiger partial charge in [-0.25, -0.2) is 0 Å². The first-order valence-electron chi connectivity index (χ1n) is 4.02. The molecule has 0 fully saturated rings. The van der Waals surface area contributed by atoms with Crippen LogP contribution in [-0.2, 0) is 9.59 Å². The summed E-state index contributed by atoms with van der Waals surface area (Å²) in [6.45, 7) is 1.22. The van der Waals surface area contributed by atoms with Crippen molar-refractivity contribution in [2.45, 2.75) is 38.4 Å². The third-order valence-electron chi connectivity index (χ3n) is 1.66. The fourth-order valence-corrected chi connectivity index (χ4v) is 0.832. The van der Waals surface area contributed by atoms with Crippen LogP contribution in [0.2, 0.25) is 0 Å². The molecule has 0 aromatic carbocycles. The number of aliphatic hydroxyl groups is 2. The van der Waals surface area contributed by atoms with E-state index in [1.807, 2.05) is 0 Å². The van der Waals surface area contributed by atoms with Gasteiger partial charge in [0.05, 0.1) is 6.10 Å². The molecule has 0 aromatic heterocycles. The third kappa shape index (κ3) is 6.24. The van der Waals surface area contributed by atoms with Gasteiger partial charge in [0.25, 0.3) is 0 Å². The van der Waals surface area contributed by atoms with Crippen molar-refractivity contribution in [2.24, 2.45) is 0 Å². The highest BCUT2D eigenvalue weighted by atomic mass is 16.4. The van der Waals surface area contributed by atoms with Crippen LogP contribution in [0, 0.1) is 0 Å². The topological polar surface area (TPSA) is 94.8 Å². The molecule has 0 bridgehead atoms. The first kappa shape index (κ1) is 12.1. The van der Waals surface area contributed by atoms with E-state index in [1.54, 1.807) is 0 Å². The van der Waals surface area contributed by atoms with Gasteiger partial charge in [-0.3, -0.25) is 9.59 Å². The molecule has 0 spiro atoms. The van der Waals surface area contributed by atoms with Gasteiger partial charge in [0, 0.05) is 12.8 Å². The number of aliphatic hydroxyl groups excluding tert-OH is 2. The number of rotatable bonds is 6. The molecule has 0 saturated heterocycles. The van der Waals surface area contributed by atoms with E-state index in [2.05, 4.69) is 0 Å². The number of aliphatic carboxylic acids is 1. The average Bonchev–Trinajstić information content (AvgIpc) is 2.00. The number of carboxylic acids is 1. The fraction of sp³-hybridized carbons (Fsp3) is 0.750. The molecule has 5 nitrogen and oxygen atoms in total. The maximum Gasteiger partial charge on any atom is 0.303 e. The minimum Gasteiger partial charge on any atom is -0.481 e. The minimum absolute atomic E-state index is 0.0552. The predicted octanol–water partition coefficient (Wildman–Crippen LogP) is -0.448. The quantitative estimate of drug-likeness (QED) is 0.527. The van der Waals surface area contributed by atoms with Crippen LogP contribution in [0.3, 0.4) is 0 Å². The molecule has 0 rings (SSSR count). The van der Waals surface area contributed by atoms with E-state index in [4.69, 9.17) is 15.3 Å². The summed E-state index contributed by atoms with van der Waals surface area (Å²) in [5.41, 5.74) is 0. The summed E-state index contributed by atoms with van der Waals surface area (Å²) in [4.78, 5) is 20.6. The molecule has 0 aliphatic heterocycles. The molecular formula is C8H14O5. The number of ketones is 1. The normalized spacial score (nSPS) is 15.0. The van der Waals surface area contributed by atoms with Gasteiger partial charge < -0.3 is 15.3 Å². The van der Waals surface area contributed by atoms with Gasteiger partial charge >= 0.3 is 5.97 Å². The van der Waals surface area contributed by atoms with Crippen LogP contribution in [0.1, 0.15) is 26.2 Å². The summed E-state index contributed by atoms with van der Waals surface area (Å²) in [6, 6.07) is 0. The summed E-state index contributed by atoms with van der Waals surface area (Å²) >= 11 is 0. The van der Waals surface area contributed by atoms with E-state index < -0.39 is 24.0 Å². The van der Waals surface area contributed by atoms with Crippen molar-refractivity contribution in [2.75, 3.05) is 0 Å². The lowest BCUT2D eigenvalue weighted by atomic mass is 10.1. The number of hydrogen-bond donors (Lipinski definition) is 3. The molecular weight excluding hydrogens is 176 g/mol. The number of Topliss-reactive ketones (excluding diaryl/α,β-unsaturated/α-hetero) is 1. The van der Waals surface area contributed by atoms with E-state index in [-0.39, 0.29) is 19.3 Å². The van der Waals surface area contributed by atoms with Gasteiger partial charge in [0.15, 0.2) is 5.78 Å². The van der Waals surface area contributed by atoms with Crippen molar-refractivity contribution in [3.8, 4) is 0 Å². The van der Waals surface area contributed by atoms with Crippen LogP contribution in [0.4, 0.5) is 0 Å². The molecule has 3 N–H and O–H groups in total. The van der Waals surface area contributed by atoms with Gasteiger partial charge in [-0.2, -0.15) is 0 Å². The average molecular weight is 190 g/mol. The third-order valence-corrected chi connectivity index (χ3v) is 1.66. The smallest absolute Gasteiger partial charge is 0.303 e. The Bertz CT molecular complexity index is 189. The zero-order valence-corrected chi connectivity index (χ0v) is 7.43. The molecule has 5 heteroatoms. The molecule has 2 atom stereocenters.